The number of hydrogen-bond donors (Lipinski definition) is 2. The molecule has 1 unspecified atom stereocenters. The highest BCUT2D eigenvalue weighted by Gasteiger charge is 2.32. The number of benzene rings is 1. The van der Waals surface area contributed by atoms with Crippen LogP contribution in [0.4, 0.5) is 5.00 Å². The number of amides is 1. The second kappa shape index (κ2) is 5.46. The zero-order chi connectivity index (χ0) is 15.9. The van der Waals surface area contributed by atoms with Crippen molar-refractivity contribution in [1.82, 2.24) is 0 Å². The molecule has 1 aromatic heterocycles. The Balaban J connectivity index is 1.99. The van der Waals surface area contributed by atoms with Crippen LogP contribution in [0, 0.1) is 0 Å². The van der Waals surface area contributed by atoms with Crippen molar-refractivity contribution in [3.05, 3.63) is 45.8 Å². The van der Waals surface area contributed by atoms with Crippen molar-refractivity contribution in [1.29, 1.82) is 0 Å². The molecule has 0 aliphatic heterocycles. The average molecular weight is 316 g/mol. The summed E-state index contributed by atoms with van der Waals surface area (Å²) < 4.78 is 5.14. The molecular weight excluding hydrogens is 300 g/mol. The Kier molecular flexibility index (Phi) is 3.62. The van der Waals surface area contributed by atoms with Crippen molar-refractivity contribution in [2.45, 2.75) is 18.8 Å². The van der Waals surface area contributed by atoms with Crippen molar-refractivity contribution < 1.29 is 14.3 Å². The highest BCUT2D eigenvalue weighted by Crippen LogP contribution is 2.41. The van der Waals surface area contributed by atoms with E-state index in [4.69, 9.17) is 16.2 Å². The van der Waals surface area contributed by atoms with E-state index >= 15 is 0 Å². The first-order valence-electron chi connectivity index (χ1n) is 6.89. The first-order chi connectivity index (χ1) is 10.5. The van der Waals surface area contributed by atoms with Crippen LogP contribution < -0.4 is 16.2 Å². The van der Waals surface area contributed by atoms with Crippen LogP contribution in [0.1, 0.15) is 43.5 Å². The minimum Gasteiger partial charge on any atom is -0.497 e. The van der Waals surface area contributed by atoms with E-state index in [0.717, 1.165) is 22.6 Å². The van der Waals surface area contributed by atoms with Crippen LogP contribution in [-0.2, 0) is 6.42 Å². The van der Waals surface area contributed by atoms with Gasteiger partial charge in [-0.3, -0.25) is 9.59 Å². The van der Waals surface area contributed by atoms with E-state index in [0.29, 0.717) is 33.8 Å². The molecule has 1 amide bonds. The van der Waals surface area contributed by atoms with Gasteiger partial charge >= 0.3 is 0 Å². The number of nitrogens with two attached hydrogens (primary N) is 2. The van der Waals surface area contributed by atoms with Crippen LogP contribution >= 0.6 is 11.3 Å². The van der Waals surface area contributed by atoms with Gasteiger partial charge < -0.3 is 16.2 Å². The molecule has 0 saturated heterocycles. The molecule has 1 aliphatic rings. The van der Waals surface area contributed by atoms with E-state index in [1.807, 2.05) is 24.3 Å². The van der Waals surface area contributed by atoms with Crippen molar-refractivity contribution in [2.24, 2.45) is 5.73 Å². The lowest BCUT2D eigenvalue weighted by Gasteiger charge is -2.22. The molecule has 0 radical (unpaired) electrons. The van der Waals surface area contributed by atoms with E-state index in [-0.39, 0.29) is 11.7 Å². The summed E-state index contributed by atoms with van der Waals surface area (Å²) in [5, 5.41) is 0.334. The first kappa shape index (κ1) is 14.6. The molecule has 0 fully saturated rings. The quantitative estimate of drug-likeness (QED) is 0.908. The number of ether oxygens (including phenoxy) is 1. The van der Waals surface area contributed by atoms with Gasteiger partial charge in [-0.25, -0.2) is 0 Å². The normalized spacial score (nSPS) is 17.1. The molecule has 114 valence electrons. The molecule has 1 aliphatic carbocycles. The van der Waals surface area contributed by atoms with Crippen LogP contribution in [0.25, 0.3) is 0 Å². The molecule has 4 N–H and O–H groups in total. The lowest BCUT2D eigenvalue weighted by atomic mass is 9.81. The fourth-order valence-electron chi connectivity index (χ4n) is 2.92. The topological polar surface area (TPSA) is 95.4 Å². The molecule has 0 saturated carbocycles. The van der Waals surface area contributed by atoms with Crippen LogP contribution in [0.15, 0.2) is 24.3 Å². The molecule has 6 heteroatoms. The SMILES string of the molecule is COc1ccc(C2CC(=O)c3sc(N)c(C(N)=O)c3C2)cc1. The number of ketones is 1. The highest BCUT2D eigenvalue weighted by molar-refractivity contribution is 7.18. The predicted molar refractivity (Wildman–Crippen MR) is 85.6 cm³/mol. The zero-order valence-corrected chi connectivity index (χ0v) is 12.9. The Bertz CT molecular complexity index is 749. The number of anilines is 1. The molecule has 22 heavy (non-hydrogen) atoms. The smallest absolute Gasteiger partial charge is 0.251 e. The Morgan fingerprint density at radius 3 is 2.55 bits per heavy atom. The van der Waals surface area contributed by atoms with Crippen LogP contribution in [0.3, 0.4) is 0 Å². The van der Waals surface area contributed by atoms with Crippen LogP contribution in [-0.4, -0.2) is 18.8 Å². The molecule has 2 aromatic rings. The van der Waals surface area contributed by atoms with E-state index in [9.17, 15) is 9.59 Å². The summed E-state index contributed by atoms with van der Waals surface area (Å²) in [7, 11) is 1.61. The number of hydrogen-bond acceptors (Lipinski definition) is 5. The number of Topliss-reactive ketones (excluding diaryl/α,β-unsaturated/α-hetero) is 1. The number of primary amides is 1. The Morgan fingerprint density at radius 1 is 1.27 bits per heavy atom. The third kappa shape index (κ3) is 2.35. The van der Waals surface area contributed by atoms with E-state index in [1.165, 1.54) is 0 Å². The summed E-state index contributed by atoms with van der Waals surface area (Å²) >= 11 is 1.16. The Morgan fingerprint density at radius 2 is 1.95 bits per heavy atom. The molecule has 0 spiro atoms. The predicted octanol–water partition coefficient (Wildman–Crippen LogP) is 2.35. The Hall–Kier alpha value is -2.34. The number of fused-ring (bicyclic) bond motifs is 1. The molecule has 3 rings (SSSR count). The maximum absolute atomic E-state index is 12.4. The molecule has 1 heterocycles. The van der Waals surface area contributed by atoms with Crippen molar-refractivity contribution in [3.8, 4) is 5.75 Å². The van der Waals surface area contributed by atoms with Gasteiger partial charge in [0.1, 0.15) is 5.75 Å². The lowest BCUT2D eigenvalue weighted by Crippen LogP contribution is -2.21. The van der Waals surface area contributed by atoms with Crippen LogP contribution in [0.5, 0.6) is 5.75 Å². The minimum absolute atomic E-state index is 0.0197. The van der Waals surface area contributed by atoms with Gasteiger partial charge in [-0.05, 0) is 35.6 Å². The number of nitrogen functional groups attached to an aromatic ring is 1. The molecule has 0 bridgehead atoms. The number of thiophene rings is 1. The minimum atomic E-state index is -0.571. The largest absolute Gasteiger partial charge is 0.497 e. The summed E-state index contributed by atoms with van der Waals surface area (Å²) in [6, 6.07) is 7.63. The van der Waals surface area contributed by atoms with E-state index < -0.39 is 5.91 Å². The highest BCUT2D eigenvalue weighted by atomic mass is 32.1. The van der Waals surface area contributed by atoms with Gasteiger partial charge in [-0.1, -0.05) is 12.1 Å². The molecule has 5 nitrogen and oxygen atoms in total. The first-order valence-corrected chi connectivity index (χ1v) is 7.71. The summed E-state index contributed by atoms with van der Waals surface area (Å²) in [5.74, 6) is 0.242. The van der Waals surface area contributed by atoms with Gasteiger partial charge in [0.25, 0.3) is 5.91 Å². The van der Waals surface area contributed by atoms with Gasteiger partial charge in [-0.2, -0.15) is 0 Å². The summed E-state index contributed by atoms with van der Waals surface area (Å²) in [4.78, 5) is 24.5. The molecule has 1 atom stereocenters. The number of methoxy groups -OCH3 is 1. The second-order valence-electron chi connectivity index (χ2n) is 5.31. The summed E-state index contributed by atoms with van der Waals surface area (Å²) in [6.07, 6.45) is 1.01. The monoisotopic (exact) mass is 316 g/mol. The standard InChI is InChI=1S/C16H16N2O3S/c1-21-10-4-2-8(3-5-10)9-6-11-13(15(17)20)16(18)22-14(11)12(19)7-9/h2-5,9H,6-7,18H2,1H3,(H2,17,20). The maximum Gasteiger partial charge on any atom is 0.251 e. The lowest BCUT2D eigenvalue weighted by molar-refractivity contribution is 0.0968. The van der Waals surface area contributed by atoms with Gasteiger partial charge in [-0.15, -0.1) is 11.3 Å². The van der Waals surface area contributed by atoms with Gasteiger partial charge in [0.05, 0.1) is 22.6 Å². The van der Waals surface area contributed by atoms with Crippen molar-refractivity contribution in [3.63, 3.8) is 0 Å². The molecular formula is C16H16N2O3S. The average Bonchev–Trinajstić information content (AvgIpc) is 2.84. The number of carbonyl (C=O) groups excluding carboxylic acids is 2. The Labute approximate surface area is 131 Å². The summed E-state index contributed by atoms with van der Waals surface area (Å²) in [6.45, 7) is 0. The fraction of sp³-hybridized carbons (Fsp3) is 0.250. The maximum atomic E-state index is 12.4. The van der Waals surface area contributed by atoms with Crippen molar-refractivity contribution >= 4 is 28.0 Å². The third-order valence-corrected chi connectivity index (χ3v) is 5.11. The third-order valence-electron chi connectivity index (χ3n) is 4.00. The van der Waals surface area contributed by atoms with Gasteiger partial charge in [0.15, 0.2) is 5.78 Å². The van der Waals surface area contributed by atoms with E-state index in [1.54, 1.807) is 7.11 Å². The zero-order valence-electron chi connectivity index (χ0n) is 12.1. The van der Waals surface area contributed by atoms with Crippen LogP contribution in [0.2, 0.25) is 0 Å². The van der Waals surface area contributed by atoms with E-state index in [2.05, 4.69) is 0 Å². The van der Waals surface area contributed by atoms with Gasteiger partial charge in [0, 0.05) is 6.42 Å². The fourth-order valence-corrected chi connectivity index (χ4v) is 3.97. The van der Waals surface area contributed by atoms with Gasteiger partial charge in [0.2, 0.25) is 0 Å². The van der Waals surface area contributed by atoms with Crippen molar-refractivity contribution in [2.75, 3.05) is 12.8 Å². The summed E-state index contributed by atoms with van der Waals surface area (Å²) in [5.41, 5.74) is 13.3. The number of carbonyl (C=O) groups is 2. The number of rotatable bonds is 3. The molecule has 1 aromatic carbocycles. The second-order valence-corrected chi connectivity index (χ2v) is 6.37.